The fraction of sp³-hybridized carbons (Fsp3) is 0.188. The Morgan fingerprint density at radius 2 is 1.88 bits per heavy atom. The summed E-state index contributed by atoms with van der Waals surface area (Å²) in [6, 6.07) is 9.15. The van der Waals surface area contributed by atoms with E-state index < -0.39 is 28.5 Å². The van der Waals surface area contributed by atoms with Crippen LogP contribution in [0.3, 0.4) is 0 Å². The highest BCUT2D eigenvalue weighted by molar-refractivity contribution is 7.69. The summed E-state index contributed by atoms with van der Waals surface area (Å²) in [6.07, 6.45) is 0. The van der Waals surface area contributed by atoms with Gasteiger partial charge >= 0.3 is 5.97 Å². The second-order valence-electron chi connectivity index (χ2n) is 4.99. The summed E-state index contributed by atoms with van der Waals surface area (Å²) in [5.41, 5.74) is 0.570. The monoisotopic (exact) mass is 355 g/mol. The van der Waals surface area contributed by atoms with E-state index in [-0.39, 0.29) is 24.2 Å². The third-order valence-corrected chi connectivity index (χ3v) is 4.06. The average Bonchev–Trinajstić information content (AvgIpc) is 2.55. The molecule has 0 radical (unpaired) electrons. The molecule has 0 N–H and O–H groups in total. The van der Waals surface area contributed by atoms with E-state index in [0.717, 1.165) is 10.4 Å². The van der Waals surface area contributed by atoms with Gasteiger partial charge in [0.2, 0.25) is 10.9 Å². The van der Waals surface area contributed by atoms with E-state index in [1.807, 2.05) is 0 Å². The van der Waals surface area contributed by atoms with E-state index in [2.05, 4.69) is 4.74 Å². The molecule has 0 amide bonds. The summed E-state index contributed by atoms with van der Waals surface area (Å²) in [7, 11) is -1.83. The van der Waals surface area contributed by atoms with Gasteiger partial charge in [0.25, 0.3) is 0 Å². The molecule has 0 unspecified atom stereocenters. The van der Waals surface area contributed by atoms with E-state index in [1.165, 1.54) is 37.4 Å². The number of benzene rings is 2. The highest BCUT2D eigenvalue weighted by Gasteiger charge is 2.15. The van der Waals surface area contributed by atoms with Gasteiger partial charge in [-0.05, 0) is 29.8 Å². The fourth-order valence-electron chi connectivity index (χ4n) is 2.13. The van der Waals surface area contributed by atoms with Crippen molar-refractivity contribution in [3.05, 3.63) is 70.8 Å². The molecule has 0 heterocycles. The molecule has 24 heavy (non-hydrogen) atoms. The number of ether oxygens (including phenoxy) is 1. The molecule has 0 aliphatic rings. The van der Waals surface area contributed by atoms with Crippen molar-refractivity contribution in [2.75, 3.05) is 7.11 Å². The summed E-state index contributed by atoms with van der Waals surface area (Å²) in [6.45, 7) is -0.322. The maximum absolute atomic E-state index is 14.1. The molecule has 2 aromatic rings. The Labute approximate surface area is 139 Å². The maximum Gasteiger partial charge on any atom is 0.337 e. The van der Waals surface area contributed by atoms with Crippen LogP contribution in [-0.4, -0.2) is 25.8 Å². The van der Waals surface area contributed by atoms with Crippen LogP contribution in [-0.2, 0) is 28.7 Å². The lowest BCUT2D eigenvalue weighted by atomic mass is 10.1. The van der Waals surface area contributed by atoms with Crippen molar-refractivity contribution in [2.45, 2.75) is 13.1 Å². The lowest BCUT2D eigenvalue weighted by molar-refractivity contribution is 0.0600. The minimum Gasteiger partial charge on any atom is -0.465 e. The van der Waals surface area contributed by atoms with Crippen LogP contribution in [0.5, 0.6) is 0 Å². The van der Waals surface area contributed by atoms with Crippen molar-refractivity contribution in [3.63, 3.8) is 0 Å². The van der Waals surface area contributed by atoms with Gasteiger partial charge in [-0.3, -0.25) is 0 Å². The third-order valence-electron chi connectivity index (χ3n) is 3.31. The second-order valence-corrected chi connectivity index (χ2v) is 6.03. The molecule has 0 saturated heterocycles. The SMILES string of the molecule is COC(=O)c1ccc(CN(Cc2cccc(F)c2)[SH](=O)=O)c(F)c1. The van der Waals surface area contributed by atoms with Gasteiger partial charge in [0.05, 0.1) is 12.7 Å². The lowest BCUT2D eigenvalue weighted by Crippen LogP contribution is -2.21. The van der Waals surface area contributed by atoms with Crippen LogP contribution in [0.2, 0.25) is 0 Å². The number of rotatable bonds is 6. The van der Waals surface area contributed by atoms with Gasteiger partial charge in [-0.1, -0.05) is 18.2 Å². The Balaban J connectivity index is 2.20. The Morgan fingerprint density at radius 1 is 1.12 bits per heavy atom. The van der Waals surface area contributed by atoms with Crippen LogP contribution < -0.4 is 0 Å². The van der Waals surface area contributed by atoms with Crippen LogP contribution >= 0.6 is 0 Å². The zero-order chi connectivity index (χ0) is 17.7. The first-order valence-corrected chi connectivity index (χ1v) is 8.04. The first-order chi connectivity index (χ1) is 11.4. The average molecular weight is 355 g/mol. The number of nitrogens with zero attached hydrogens (tertiary/aromatic N) is 1. The van der Waals surface area contributed by atoms with E-state index in [1.54, 1.807) is 6.07 Å². The van der Waals surface area contributed by atoms with Gasteiger partial charge in [0.1, 0.15) is 11.6 Å². The molecule has 0 fully saturated rings. The molecule has 0 aromatic heterocycles. The molecule has 0 aliphatic carbocycles. The normalized spacial score (nSPS) is 11.0. The van der Waals surface area contributed by atoms with Gasteiger partial charge in [-0.2, -0.15) is 4.31 Å². The number of thiol groups is 1. The van der Waals surface area contributed by atoms with Gasteiger partial charge in [-0.15, -0.1) is 0 Å². The maximum atomic E-state index is 14.1. The van der Waals surface area contributed by atoms with Crippen molar-refractivity contribution in [1.82, 2.24) is 4.31 Å². The largest absolute Gasteiger partial charge is 0.465 e. The smallest absolute Gasteiger partial charge is 0.337 e. The van der Waals surface area contributed by atoms with Crippen molar-refractivity contribution in [1.29, 1.82) is 0 Å². The van der Waals surface area contributed by atoms with Crippen LogP contribution in [0.25, 0.3) is 0 Å². The number of methoxy groups -OCH3 is 1. The predicted octanol–water partition coefficient (Wildman–Crippen LogP) is 2.28. The van der Waals surface area contributed by atoms with Crippen molar-refractivity contribution < 1.29 is 26.7 Å². The van der Waals surface area contributed by atoms with Gasteiger partial charge < -0.3 is 4.74 Å². The molecule has 0 aliphatic heterocycles. The number of carbonyl (C=O) groups is 1. The van der Waals surface area contributed by atoms with Crippen LogP contribution in [0, 0.1) is 11.6 Å². The number of esters is 1. The van der Waals surface area contributed by atoms with Gasteiger partial charge in [-0.25, -0.2) is 22.0 Å². The minimum absolute atomic E-state index is 0.0296. The summed E-state index contributed by atoms with van der Waals surface area (Å²) in [4.78, 5) is 11.3. The first kappa shape index (κ1) is 18.0. The Bertz CT molecular complexity index is 815. The standard InChI is InChI=1S/C16H15F2NO4S/c1-23-16(20)12-5-6-13(15(18)8-12)10-19(24(21)22)9-11-3-2-4-14(17)7-11/h2-8,24H,9-10H2,1H3. The zero-order valence-electron chi connectivity index (χ0n) is 12.7. The number of carbonyl (C=O) groups excluding carboxylic acids is 1. The highest BCUT2D eigenvalue weighted by atomic mass is 32.2. The molecule has 0 bridgehead atoms. The molecule has 128 valence electrons. The lowest BCUT2D eigenvalue weighted by Gasteiger charge is -2.16. The molecule has 2 rings (SSSR count). The van der Waals surface area contributed by atoms with Crippen LogP contribution in [0.1, 0.15) is 21.5 Å². The van der Waals surface area contributed by atoms with Crippen LogP contribution in [0.15, 0.2) is 42.5 Å². The molecule has 0 atom stereocenters. The summed E-state index contributed by atoms with van der Waals surface area (Å²) in [5, 5.41) is 0. The van der Waals surface area contributed by atoms with E-state index in [4.69, 9.17) is 0 Å². The highest BCUT2D eigenvalue weighted by Crippen LogP contribution is 2.16. The molecular weight excluding hydrogens is 340 g/mol. The fourth-order valence-corrected chi connectivity index (χ4v) is 2.68. The van der Waals surface area contributed by atoms with E-state index in [0.29, 0.717) is 5.56 Å². The predicted molar refractivity (Wildman–Crippen MR) is 83.7 cm³/mol. The topological polar surface area (TPSA) is 63.7 Å². The van der Waals surface area contributed by atoms with E-state index >= 15 is 0 Å². The number of hydrogen-bond acceptors (Lipinski definition) is 4. The van der Waals surface area contributed by atoms with Crippen molar-refractivity contribution >= 4 is 16.9 Å². The molecule has 0 saturated carbocycles. The van der Waals surface area contributed by atoms with Gasteiger partial charge in [0.15, 0.2) is 0 Å². The zero-order valence-corrected chi connectivity index (χ0v) is 13.6. The molecular formula is C16H15F2NO4S. The first-order valence-electron chi connectivity index (χ1n) is 6.91. The quantitative estimate of drug-likeness (QED) is 0.638. The summed E-state index contributed by atoms with van der Waals surface area (Å²) < 4.78 is 55.5. The molecule has 5 nitrogen and oxygen atoms in total. The summed E-state index contributed by atoms with van der Waals surface area (Å²) >= 11 is 0. The number of halogens is 2. The van der Waals surface area contributed by atoms with E-state index in [9.17, 15) is 22.0 Å². The van der Waals surface area contributed by atoms with Crippen LogP contribution in [0.4, 0.5) is 8.78 Å². The second kappa shape index (κ2) is 7.98. The minimum atomic E-state index is -3.00. The van der Waals surface area contributed by atoms with Crippen molar-refractivity contribution in [2.24, 2.45) is 0 Å². The Hall–Kier alpha value is -2.32. The Kier molecular flexibility index (Phi) is 5.99. The molecule has 0 spiro atoms. The molecule has 8 heteroatoms. The van der Waals surface area contributed by atoms with Gasteiger partial charge in [0, 0.05) is 18.7 Å². The van der Waals surface area contributed by atoms with Crippen molar-refractivity contribution in [3.8, 4) is 0 Å². The summed E-state index contributed by atoms with van der Waals surface area (Å²) in [5.74, 6) is -1.90. The Morgan fingerprint density at radius 3 is 2.46 bits per heavy atom. The molecule has 2 aromatic carbocycles. The third kappa shape index (κ3) is 4.59. The number of hydrogen-bond donors (Lipinski definition) is 1.